The van der Waals surface area contributed by atoms with Gasteiger partial charge in [0.25, 0.3) is 0 Å². The second kappa shape index (κ2) is 5.13. The van der Waals surface area contributed by atoms with E-state index < -0.39 is 5.97 Å². The number of nitrogens with one attached hydrogen (secondary N) is 1. The highest BCUT2D eigenvalue weighted by molar-refractivity contribution is 5.73. The number of carboxylic acids is 1. The van der Waals surface area contributed by atoms with Crippen LogP contribution in [0.15, 0.2) is 0 Å². The lowest BCUT2D eigenvalue weighted by Crippen LogP contribution is -2.35. The normalized spacial score (nSPS) is 15.9. The fourth-order valence-corrected chi connectivity index (χ4v) is 0.911. The minimum absolute atomic E-state index is 0.384. The monoisotopic (exact) mass is 159 g/mol. The molecule has 2 atom stereocenters. The minimum Gasteiger partial charge on any atom is -0.480 e. The number of likely N-dealkylation sites (N-methyl/N-ethyl adjacent to an activating group) is 1. The average molecular weight is 159 g/mol. The molecule has 0 aromatic carbocycles. The summed E-state index contributed by atoms with van der Waals surface area (Å²) in [5.74, 6) is -0.281. The van der Waals surface area contributed by atoms with E-state index in [2.05, 4.69) is 19.2 Å². The van der Waals surface area contributed by atoms with Crippen molar-refractivity contribution in [2.75, 3.05) is 7.05 Å². The summed E-state index contributed by atoms with van der Waals surface area (Å²) in [4.78, 5) is 10.5. The van der Waals surface area contributed by atoms with Crippen molar-refractivity contribution < 1.29 is 9.90 Å². The van der Waals surface area contributed by atoms with Crippen LogP contribution in [0.25, 0.3) is 0 Å². The van der Waals surface area contributed by atoms with Gasteiger partial charge in [0.05, 0.1) is 0 Å². The Balaban J connectivity index is 3.77. The van der Waals surface area contributed by atoms with Crippen LogP contribution in [-0.4, -0.2) is 24.2 Å². The zero-order valence-electron chi connectivity index (χ0n) is 7.42. The number of aliphatic carboxylic acids is 1. The van der Waals surface area contributed by atoms with Gasteiger partial charge in [0.15, 0.2) is 0 Å². The lowest BCUT2D eigenvalue weighted by Gasteiger charge is -2.14. The maximum absolute atomic E-state index is 10.5. The third kappa shape index (κ3) is 3.98. The minimum atomic E-state index is -0.757. The first-order chi connectivity index (χ1) is 5.11. The van der Waals surface area contributed by atoms with Gasteiger partial charge in [-0.15, -0.1) is 0 Å². The van der Waals surface area contributed by atoms with E-state index in [0.717, 1.165) is 6.42 Å². The molecular weight excluding hydrogens is 142 g/mol. The highest BCUT2D eigenvalue weighted by atomic mass is 16.4. The number of carboxylic acid groups (broad SMARTS) is 1. The molecule has 0 amide bonds. The molecule has 0 rings (SSSR count). The van der Waals surface area contributed by atoms with Gasteiger partial charge in [-0.25, -0.2) is 0 Å². The number of carbonyl (C=O) groups is 1. The van der Waals surface area contributed by atoms with Gasteiger partial charge in [0.1, 0.15) is 6.04 Å². The molecule has 0 bridgehead atoms. The standard InChI is InChI=1S/C8H17NO2/c1-4-6(2)5-7(9-3)8(10)11/h6-7,9H,4-5H2,1-3H3,(H,10,11). The zero-order chi connectivity index (χ0) is 8.85. The van der Waals surface area contributed by atoms with Crippen LogP contribution < -0.4 is 5.32 Å². The summed E-state index contributed by atoms with van der Waals surface area (Å²) in [6.07, 6.45) is 1.74. The van der Waals surface area contributed by atoms with Crippen molar-refractivity contribution in [3.8, 4) is 0 Å². The molecular formula is C8H17NO2. The summed E-state index contributed by atoms with van der Waals surface area (Å²) in [6.45, 7) is 4.13. The molecule has 3 heteroatoms. The zero-order valence-corrected chi connectivity index (χ0v) is 7.42. The quantitative estimate of drug-likeness (QED) is 0.631. The molecule has 0 heterocycles. The van der Waals surface area contributed by atoms with Gasteiger partial charge in [0.2, 0.25) is 0 Å². The van der Waals surface area contributed by atoms with Gasteiger partial charge in [0, 0.05) is 0 Å². The first-order valence-electron chi connectivity index (χ1n) is 4.01. The third-order valence-corrected chi connectivity index (χ3v) is 1.98. The molecule has 0 radical (unpaired) electrons. The maximum atomic E-state index is 10.5. The second-order valence-corrected chi connectivity index (χ2v) is 2.93. The van der Waals surface area contributed by atoms with Crippen LogP contribution in [0.4, 0.5) is 0 Å². The highest BCUT2D eigenvalue weighted by Gasteiger charge is 2.16. The van der Waals surface area contributed by atoms with E-state index in [-0.39, 0.29) is 6.04 Å². The molecule has 0 aliphatic heterocycles. The average Bonchev–Trinajstić information content (AvgIpc) is 1.99. The Morgan fingerprint density at radius 3 is 2.45 bits per heavy atom. The van der Waals surface area contributed by atoms with E-state index in [1.807, 2.05) is 0 Å². The van der Waals surface area contributed by atoms with E-state index in [4.69, 9.17) is 5.11 Å². The smallest absolute Gasteiger partial charge is 0.320 e. The van der Waals surface area contributed by atoms with E-state index in [0.29, 0.717) is 12.3 Å². The lowest BCUT2D eigenvalue weighted by atomic mass is 10.00. The lowest BCUT2D eigenvalue weighted by molar-refractivity contribution is -0.139. The predicted octanol–water partition coefficient (Wildman–Crippen LogP) is 1.10. The summed E-state index contributed by atoms with van der Waals surface area (Å²) in [5, 5.41) is 11.4. The van der Waals surface area contributed by atoms with Crippen LogP contribution in [0.5, 0.6) is 0 Å². The Morgan fingerprint density at radius 1 is 1.64 bits per heavy atom. The largest absolute Gasteiger partial charge is 0.480 e. The summed E-state index contributed by atoms with van der Waals surface area (Å²) in [7, 11) is 1.68. The number of hydrogen-bond donors (Lipinski definition) is 2. The van der Waals surface area contributed by atoms with Crippen molar-refractivity contribution in [2.45, 2.75) is 32.7 Å². The van der Waals surface area contributed by atoms with Crippen molar-refractivity contribution in [1.82, 2.24) is 5.32 Å². The Labute approximate surface area is 67.8 Å². The molecule has 0 saturated carbocycles. The van der Waals surface area contributed by atoms with E-state index in [1.54, 1.807) is 7.05 Å². The van der Waals surface area contributed by atoms with Crippen molar-refractivity contribution in [2.24, 2.45) is 5.92 Å². The van der Waals surface area contributed by atoms with Gasteiger partial charge in [-0.2, -0.15) is 0 Å². The Kier molecular flexibility index (Phi) is 4.86. The molecule has 0 spiro atoms. The summed E-state index contributed by atoms with van der Waals surface area (Å²) >= 11 is 0. The van der Waals surface area contributed by atoms with Crippen LogP contribution in [0.2, 0.25) is 0 Å². The van der Waals surface area contributed by atoms with Crippen LogP contribution in [0, 0.1) is 5.92 Å². The summed E-state index contributed by atoms with van der Waals surface area (Å²) in [6, 6.07) is -0.384. The van der Waals surface area contributed by atoms with Crippen LogP contribution in [0.1, 0.15) is 26.7 Å². The molecule has 0 fully saturated rings. The fourth-order valence-electron chi connectivity index (χ4n) is 0.911. The fraction of sp³-hybridized carbons (Fsp3) is 0.875. The first-order valence-corrected chi connectivity index (χ1v) is 4.01. The van der Waals surface area contributed by atoms with Crippen molar-refractivity contribution >= 4 is 5.97 Å². The first kappa shape index (κ1) is 10.4. The second-order valence-electron chi connectivity index (χ2n) is 2.93. The Bertz CT molecular complexity index is 125. The molecule has 2 unspecified atom stereocenters. The molecule has 11 heavy (non-hydrogen) atoms. The van der Waals surface area contributed by atoms with Crippen LogP contribution in [-0.2, 0) is 4.79 Å². The molecule has 0 aliphatic rings. The molecule has 66 valence electrons. The molecule has 0 saturated heterocycles. The topological polar surface area (TPSA) is 49.3 Å². The van der Waals surface area contributed by atoms with Gasteiger partial charge < -0.3 is 10.4 Å². The van der Waals surface area contributed by atoms with E-state index in [9.17, 15) is 4.79 Å². The predicted molar refractivity (Wildman–Crippen MR) is 44.6 cm³/mol. The van der Waals surface area contributed by atoms with Crippen LogP contribution in [0.3, 0.4) is 0 Å². The SMILES string of the molecule is CCC(C)CC(NC)C(=O)O. The Hall–Kier alpha value is -0.570. The Morgan fingerprint density at radius 2 is 2.18 bits per heavy atom. The van der Waals surface area contributed by atoms with Crippen molar-refractivity contribution in [1.29, 1.82) is 0 Å². The highest BCUT2D eigenvalue weighted by Crippen LogP contribution is 2.09. The molecule has 2 N–H and O–H groups in total. The molecule has 0 aromatic rings. The van der Waals surface area contributed by atoms with Gasteiger partial charge in [-0.3, -0.25) is 4.79 Å². The van der Waals surface area contributed by atoms with Gasteiger partial charge in [-0.05, 0) is 19.4 Å². The maximum Gasteiger partial charge on any atom is 0.320 e. The van der Waals surface area contributed by atoms with Gasteiger partial charge in [-0.1, -0.05) is 20.3 Å². The van der Waals surface area contributed by atoms with Crippen molar-refractivity contribution in [3.05, 3.63) is 0 Å². The number of hydrogen-bond acceptors (Lipinski definition) is 2. The van der Waals surface area contributed by atoms with Gasteiger partial charge >= 0.3 is 5.97 Å². The number of rotatable bonds is 5. The van der Waals surface area contributed by atoms with E-state index in [1.165, 1.54) is 0 Å². The molecule has 0 aliphatic carbocycles. The van der Waals surface area contributed by atoms with Crippen LogP contribution >= 0.6 is 0 Å². The molecule has 3 nitrogen and oxygen atoms in total. The molecule has 0 aromatic heterocycles. The third-order valence-electron chi connectivity index (χ3n) is 1.98. The summed E-state index contributed by atoms with van der Waals surface area (Å²) < 4.78 is 0. The van der Waals surface area contributed by atoms with E-state index >= 15 is 0 Å². The van der Waals surface area contributed by atoms with Crippen molar-refractivity contribution in [3.63, 3.8) is 0 Å². The summed E-state index contributed by atoms with van der Waals surface area (Å²) in [5.41, 5.74) is 0.